The van der Waals surface area contributed by atoms with Gasteiger partial charge in [0.25, 0.3) is 5.96 Å². The van der Waals surface area contributed by atoms with E-state index in [0.29, 0.717) is 5.96 Å². The number of guanidine groups is 1. The van der Waals surface area contributed by atoms with Gasteiger partial charge in [-0.2, -0.15) is 4.99 Å². The highest BCUT2D eigenvalue weighted by Crippen LogP contribution is 2.24. The average Bonchev–Trinajstić information content (AvgIpc) is 2.85. The summed E-state index contributed by atoms with van der Waals surface area (Å²) in [5, 5.41) is 12.5. The lowest BCUT2D eigenvalue weighted by molar-refractivity contribution is -0.674. The van der Waals surface area contributed by atoms with Gasteiger partial charge in [-0.05, 0) is 36.4 Å². The Hall–Kier alpha value is -3.02. The molecule has 0 bridgehead atoms. The molecule has 104 valence electrons. The van der Waals surface area contributed by atoms with Crippen LogP contribution in [0.5, 0.6) is 5.75 Å². The van der Waals surface area contributed by atoms with Crippen molar-refractivity contribution < 1.29 is 9.67 Å². The molecule has 1 aromatic heterocycles. The van der Waals surface area contributed by atoms with E-state index in [-0.39, 0.29) is 11.9 Å². The molecule has 0 saturated carbocycles. The van der Waals surface area contributed by atoms with Crippen molar-refractivity contribution in [1.29, 1.82) is 0 Å². The molecule has 1 aliphatic rings. The van der Waals surface area contributed by atoms with Crippen LogP contribution in [0.4, 0.5) is 5.95 Å². The fourth-order valence-electron chi connectivity index (χ4n) is 2.66. The standard InChI is InChI=1S/C15H13N5O/c16-14-18-13(9-5-7-10(21)8-6-9)20-12-4-2-1-3-11(12)17-15(20)19-14/h1-8,13H,(H4,16,17,18,19,21)/p+1/t13-/m1/s1. The highest BCUT2D eigenvalue weighted by molar-refractivity contribution is 5.92. The molecule has 0 spiro atoms. The molecule has 6 nitrogen and oxygen atoms in total. The number of aromatic nitrogens is 2. The van der Waals surface area contributed by atoms with Crippen LogP contribution in [0.3, 0.4) is 0 Å². The first-order valence-corrected chi connectivity index (χ1v) is 6.64. The first-order chi connectivity index (χ1) is 10.2. The maximum absolute atomic E-state index is 9.45. The Bertz CT molecular complexity index is 850. The molecular weight excluding hydrogens is 266 g/mol. The minimum Gasteiger partial charge on any atom is -0.508 e. The second-order valence-corrected chi connectivity index (χ2v) is 4.97. The van der Waals surface area contributed by atoms with Crippen molar-refractivity contribution in [2.75, 3.05) is 5.32 Å². The predicted molar refractivity (Wildman–Crippen MR) is 80.0 cm³/mol. The molecule has 2 aromatic carbocycles. The van der Waals surface area contributed by atoms with Crippen molar-refractivity contribution in [3.05, 3.63) is 54.1 Å². The van der Waals surface area contributed by atoms with Gasteiger partial charge in [0.1, 0.15) is 16.8 Å². The number of H-pyrrole nitrogens is 1. The Balaban J connectivity index is 1.95. The van der Waals surface area contributed by atoms with E-state index >= 15 is 0 Å². The Morgan fingerprint density at radius 1 is 1.10 bits per heavy atom. The summed E-state index contributed by atoms with van der Waals surface area (Å²) in [6.07, 6.45) is -0.266. The number of hydrogen-bond acceptors (Lipinski definition) is 4. The molecule has 0 fully saturated rings. The van der Waals surface area contributed by atoms with Crippen LogP contribution in [0.1, 0.15) is 11.7 Å². The van der Waals surface area contributed by atoms with Crippen molar-refractivity contribution in [3.8, 4) is 5.75 Å². The van der Waals surface area contributed by atoms with Gasteiger partial charge >= 0.3 is 5.95 Å². The summed E-state index contributed by atoms with van der Waals surface area (Å²) in [6, 6.07) is 15.0. The Morgan fingerprint density at radius 3 is 2.67 bits per heavy atom. The van der Waals surface area contributed by atoms with Gasteiger partial charge in [-0.1, -0.05) is 12.1 Å². The van der Waals surface area contributed by atoms with E-state index in [0.717, 1.165) is 22.5 Å². The highest BCUT2D eigenvalue weighted by Gasteiger charge is 2.30. The third-order valence-electron chi connectivity index (χ3n) is 3.60. The second kappa shape index (κ2) is 4.24. The van der Waals surface area contributed by atoms with Gasteiger partial charge in [0.15, 0.2) is 0 Å². The summed E-state index contributed by atoms with van der Waals surface area (Å²) in [5.41, 5.74) is 8.88. The zero-order chi connectivity index (χ0) is 14.4. The molecule has 21 heavy (non-hydrogen) atoms. The second-order valence-electron chi connectivity index (χ2n) is 4.97. The molecule has 6 heteroatoms. The number of phenols is 1. The lowest BCUT2D eigenvalue weighted by Crippen LogP contribution is -2.47. The van der Waals surface area contributed by atoms with E-state index in [1.165, 1.54) is 0 Å². The van der Waals surface area contributed by atoms with Crippen molar-refractivity contribution in [2.45, 2.75) is 6.17 Å². The minimum atomic E-state index is -0.266. The van der Waals surface area contributed by atoms with E-state index in [1.54, 1.807) is 12.1 Å². The van der Waals surface area contributed by atoms with Crippen LogP contribution in [0.15, 0.2) is 53.5 Å². The van der Waals surface area contributed by atoms with Gasteiger partial charge in [0.2, 0.25) is 6.17 Å². The number of benzene rings is 2. The van der Waals surface area contributed by atoms with E-state index in [2.05, 4.69) is 19.9 Å². The number of aliphatic imine (C=N–C) groups is 1. The lowest BCUT2D eigenvalue weighted by atomic mass is 10.1. The Morgan fingerprint density at radius 2 is 1.86 bits per heavy atom. The van der Waals surface area contributed by atoms with Crippen LogP contribution in [0.25, 0.3) is 11.0 Å². The number of rotatable bonds is 1. The first kappa shape index (κ1) is 11.8. The van der Waals surface area contributed by atoms with E-state index < -0.39 is 0 Å². The number of phenolic OH excluding ortho intramolecular Hbond substituents is 1. The quantitative estimate of drug-likeness (QED) is 0.508. The molecule has 4 rings (SSSR count). The monoisotopic (exact) mass is 280 g/mol. The fraction of sp³-hybridized carbons (Fsp3) is 0.0667. The number of nitrogens with two attached hydrogens (primary N) is 1. The third-order valence-corrected chi connectivity index (χ3v) is 3.60. The van der Waals surface area contributed by atoms with Gasteiger partial charge < -0.3 is 10.8 Å². The maximum atomic E-state index is 9.45. The van der Waals surface area contributed by atoms with Crippen LogP contribution in [0.2, 0.25) is 0 Å². The molecule has 1 atom stereocenters. The maximum Gasteiger partial charge on any atom is 0.365 e. The summed E-state index contributed by atoms with van der Waals surface area (Å²) in [7, 11) is 0. The molecule has 1 aliphatic heterocycles. The number of hydrogen-bond donors (Lipinski definition) is 4. The third kappa shape index (κ3) is 1.80. The molecule has 2 heterocycles. The normalized spacial score (nSPS) is 17.1. The minimum absolute atomic E-state index is 0.230. The molecule has 0 unspecified atom stereocenters. The molecular formula is C15H14N5O+. The number of fused-ring (bicyclic) bond motifs is 3. The highest BCUT2D eigenvalue weighted by atomic mass is 16.3. The number of aromatic hydroxyl groups is 1. The van der Waals surface area contributed by atoms with Crippen LogP contribution >= 0.6 is 0 Å². The Kier molecular flexibility index (Phi) is 2.38. The largest absolute Gasteiger partial charge is 0.508 e. The van der Waals surface area contributed by atoms with E-state index in [9.17, 15) is 5.11 Å². The number of imidazole rings is 1. The number of anilines is 1. The number of para-hydroxylation sites is 2. The molecule has 3 aromatic rings. The summed E-state index contributed by atoms with van der Waals surface area (Å²) in [6.45, 7) is 0. The van der Waals surface area contributed by atoms with Crippen LogP contribution in [-0.4, -0.2) is 16.1 Å². The molecule has 0 saturated heterocycles. The summed E-state index contributed by atoms with van der Waals surface area (Å²) >= 11 is 0. The number of nitrogens with zero attached hydrogens (tertiary/aromatic N) is 2. The van der Waals surface area contributed by atoms with Gasteiger partial charge in [-0.25, -0.2) is 14.9 Å². The van der Waals surface area contributed by atoms with Crippen molar-refractivity contribution in [3.63, 3.8) is 0 Å². The smallest absolute Gasteiger partial charge is 0.365 e. The summed E-state index contributed by atoms with van der Waals surface area (Å²) in [5.74, 6) is 1.38. The Labute approximate surface area is 120 Å². The zero-order valence-electron chi connectivity index (χ0n) is 11.1. The summed E-state index contributed by atoms with van der Waals surface area (Å²) < 4.78 is 2.05. The summed E-state index contributed by atoms with van der Waals surface area (Å²) in [4.78, 5) is 7.79. The lowest BCUT2D eigenvalue weighted by Gasteiger charge is -2.18. The first-order valence-electron chi connectivity index (χ1n) is 6.64. The topological polar surface area (TPSA) is 90.3 Å². The van der Waals surface area contributed by atoms with Crippen LogP contribution < -0.4 is 15.6 Å². The molecule has 0 aliphatic carbocycles. The van der Waals surface area contributed by atoms with Crippen LogP contribution in [-0.2, 0) is 0 Å². The number of nitrogens with one attached hydrogen (secondary N) is 2. The average molecular weight is 280 g/mol. The molecule has 0 radical (unpaired) electrons. The van der Waals surface area contributed by atoms with Crippen molar-refractivity contribution >= 4 is 22.9 Å². The molecule has 0 amide bonds. The van der Waals surface area contributed by atoms with Gasteiger partial charge in [-0.3, -0.25) is 0 Å². The van der Waals surface area contributed by atoms with E-state index in [1.807, 2.05) is 36.4 Å². The number of aromatic amines is 1. The zero-order valence-corrected chi connectivity index (χ0v) is 11.1. The van der Waals surface area contributed by atoms with Gasteiger partial charge in [0.05, 0.1) is 0 Å². The van der Waals surface area contributed by atoms with E-state index in [4.69, 9.17) is 5.73 Å². The van der Waals surface area contributed by atoms with Crippen LogP contribution in [0, 0.1) is 0 Å². The van der Waals surface area contributed by atoms with Gasteiger partial charge in [-0.15, -0.1) is 0 Å². The molecule has 5 N–H and O–H groups in total. The predicted octanol–water partition coefficient (Wildman–Crippen LogP) is 1.45. The van der Waals surface area contributed by atoms with Crippen molar-refractivity contribution in [2.24, 2.45) is 10.7 Å². The van der Waals surface area contributed by atoms with Crippen molar-refractivity contribution in [1.82, 2.24) is 4.98 Å². The van der Waals surface area contributed by atoms with Gasteiger partial charge in [0, 0.05) is 5.56 Å². The SMILES string of the molecule is NC1=N[C@@H](c2ccc(O)cc2)[n+]2c([nH]c3ccccc32)N1. The fourth-order valence-corrected chi connectivity index (χ4v) is 2.66.